The Morgan fingerprint density at radius 2 is 1.83 bits per heavy atom. The fraction of sp³-hybridized carbons (Fsp3) is 0.393. The summed E-state index contributed by atoms with van der Waals surface area (Å²) in [6, 6.07) is 17.6. The number of nitrogen functional groups attached to an aromatic ring is 1. The first-order chi connectivity index (χ1) is 17.5. The number of likely N-dealkylation sites (tertiary alicyclic amines) is 1. The minimum Gasteiger partial charge on any atom is -0.457 e. The van der Waals surface area contributed by atoms with E-state index in [0.29, 0.717) is 11.7 Å². The molecule has 0 amide bonds. The number of nitrogens with zero attached hydrogens (tertiary/aromatic N) is 5. The van der Waals surface area contributed by atoms with Gasteiger partial charge in [-0.2, -0.15) is 5.10 Å². The molecule has 1 fully saturated rings. The number of para-hydroxylation sites is 1. The number of benzene rings is 2. The highest BCUT2D eigenvalue weighted by molar-refractivity contribution is 5.98. The van der Waals surface area contributed by atoms with Gasteiger partial charge in [-0.25, -0.2) is 14.6 Å². The Bertz CT molecular complexity index is 1290. The third kappa shape index (κ3) is 5.05. The number of hydrogen-bond acceptors (Lipinski definition) is 7. The third-order valence-corrected chi connectivity index (χ3v) is 7.13. The van der Waals surface area contributed by atoms with Crippen LogP contribution in [0.25, 0.3) is 22.3 Å². The van der Waals surface area contributed by atoms with Gasteiger partial charge in [0.25, 0.3) is 0 Å². The van der Waals surface area contributed by atoms with Crippen molar-refractivity contribution in [2.75, 3.05) is 18.8 Å². The lowest BCUT2D eigenvalue weighted by atomic mass is 10.0. The quantitative estimate of drug-likeness (QED) is 0.350. The average molecular weight is 487 g/mol. The maximum Gasteiger partial charge on any atom is 0.164 e. The van der Waals surface area contributed by atoms with Crippen molar-refractivity contribution in [3.8, 4) is 22.8 Å². The fourth-order valence-electron chi connectivity index (χ4n) is 4.89. The lowest BCUT2D eigenvalue weighted by Crippen LogP contribution is -2.44. The Labute approximate surface area is 211 Å². The molecular formula is C28H34N6O2. The van der Waals surface area contributed by atoms with Crippen LogP contribution >= 0.6 is 0 Å². The number of aliphatic hydroxyl groups excluding tert-OH is 1. The molecule has 36 heavy (non-hydrogen) atoms. The highest BCUT2D eigenvalue weighted by atomic mass is 16.5. The first-order valence-corrected chi connectivity index (χ1v) is 12.8. The molecular weight excluding hydrogens is 452 g/mol. The number of ether oxygens (including phenoxy) is 1. The Kier molecular flexibility index (Phi) is 7.16. The molecule has 0 radical (unpaired) electrons. The van der Waals surface area contributed by atoms with Crippen molar-refractivity contribution in [1.82, 2.24) is 24.6 Å². The molecule has 0 spiro atoms. The maximum absolute atomic E-state index is 10.9. The van der Waals surface area contributed by atoms with Gasteiger partial charge < -0.3 is 15.6 Å². The Balaban J connectivity index is 1.43. The Morgan fingerprint density at radius 1 is 1.08 bits per heavy atom. The molecule has 1 aliphatic heterocycles. The topological polar surface area (TPSA) is 102 Å². The number of hydrogen-bond donors (Lipinski definition) is 2. The molecule has 8 heteroatoms. The summed E-state index contributed by atoms with van der Waals surface area (Å²) in [6.07, 6.45) is 4.85. The van der Waals surface area contributed by atoms with Crippen LogP contribution in [0.3, 0.4) is 0 Å². The van der Waals surface area contributed by atoms with Gasteiger partial charge in [0.1, 0.15) is 35.6 Å². The van der Waals surface area contributed by atoms with Crippen LogP contribution in [0.15, 0.2) is 60.9 Å². The second kappa shape index (κ2) is 10.6. The van der Waals surface area contributed by atoms with Crippen molar-refractivity contribution in [2.24, 2.45) is 5.92 Å². The monoisotopic (exact) mass is 486 g/mol. The minimum atomic E-state index is -0.444. The standard InChI is InChI=1S/C28H34N6O2/c1-3-19(2)16-24(35)33-15-7-8-21(17-33)34-28-25(27(29)30-18-31-28)26(32-34)20-11-13-23(14-12-20)36-22-9-5-4-6-10-22/h4-6,9-14,18-19,21,24,35H,3,7-8,15-17H2,1-2H3,(H2,29,30,31)/t19-,21-,24?/m1/s1. The average Bonchev–Trinajstić information content (AvgIpc) is 3.31. The molecule has 0 bridgehead atoms. The van der Waals surface area contributed by atoms with Crippen molar-refractivity contribution in [1.29, 1.82) is 0 Å². The van der Waals surface area contributed by atoms with E-state index in [-0.39, 0.29) is 6.04 Å². The zero-order valence-electron chi connectivity index (χ0n) is 20.9. The maximum atomic E-state index is 10.9. The van der Waals surface area contributed by atoms with Crippen LogP contribution in [0.5, 0.6) is 11.5 Å². The summed E-state index contributed by atoms with van der Waals surface area (Å²) < 4.78 is 7.93. The highest BCUT2D eigenvalue weighted by Gasteiger charge is 2.29. The molecule has 0 saturated carbocycles. The number of fused-ring (bicyclic) bond motifs is 1. The molecule has 1 aliphatic rings. The zero-order chi connectivity index (χ0) is 25.1. The molecule has 3 N–H and O–H groups in total. The van der Waals surface area contributed by atoms with Gasteiger partial charge in [-0.15, -0.1) is 0 Å². The second-order valence-electron chi connectivity index (χ2n) is 9.71. The number of aromatic nitrogens is 4. The molecule has 8 nitrogen and oxygen atoms in total. The van der Waals surface area contributed by atoms with Crippen LogP contribution < -0.4 is 10.5 Å². The molecule has 0 aliphatic carbocycles. The first-order valence-electron chi connectivity index (χ1n) is 12.8. The van der Waals surface area contributed by atoms with E-state index < -0.39 is 6.23 Å². The largest absolute Gasteiger partial charge is 0.457 e. The summed E-state index contributed by atoms with van der Waals surface area (Å²) in [6.45, 7) is 5.97. The van der Waals surface area contributed by atoms with Crippen LogP contribution in [-0.2, 0) is 0 Å². The molecule has 1 unspecified atom stereocenters. The summed E-state index contributed by atoms with van der Waals surface area (Å²) in [7, 11) is 0. The molecule has 188 valence electrons. The molecule has 1 saturated heterocycles. The van der Waals surface area contributed by atoms with Crippen LogP contribution in [-0.4, -0.2) is 49.1 Å². The van der Waals surface area contributed by atoms with E-state index in [2.05, 4.69) is 28.7 Å². The van der Waals surface area contributed by atoms with Crippen molar-refractivity contribution in [3.63, 3.8) is 0 Å². The van der Waals surface area contributed by atoms with E-state index in [1.807, 2.05) is 59.3 Å². The summed E-state index contributed by atoms with van der Waals surface area (Å²) in [5.41, 5.74) is 8.74. The molecule has 3 atom stereocenters. The van der Waals surface area contributed by atoms with Gasteiger partial charge in [0, 0.05) is 18.7 Å². The van der Waals surface area contributed by atoms with Crippen LogP contribution in [0, 0.1) is 5.92 Å². The normalized spacial score (nSPS) is 18.2. The first kappa shape index (κ1) is 24.2. The molecule has 4 aromatic rings. The van der Waals surface area contributed by atoms with Gasteiger partial charge in [-0.3, -0.25) is 4.90 Å². The number of anilines is 1. The summed E-state index contributed by atoms with van der Waals surface area (Å²) in [5.74, 6) is 2.43. The van der Waals surface area contributed by atoms with Gasteiger partial charge in [-0.05, 0) is 61.6 Å². The van der Waals surface area contributed by atoms with Crippen molar-refractivity contribution >= 4 is 16.9 Å². The van der Waals surface area contributed by atoms with Crippen LogP contribution in [0.2, 0.25) is 0 Å². The Morgan fingerprint density at radius 3 is 2.58 bits per heavy atom. The highest BCUT2D eigenvalue weighted by Crippen LogP contribution is 2.35. The second-order valence-corrected chi connectivity index (χ2v) is 9.71. The summed E-state index contributed by atoms with van der Waals surface area (Å²) in [4.78, 5) is 11.0. The van der Waals surface area contributed by atoms with Crippen molar-refractivity contribution in [2.45, 2.75) is 51.8 Å². The van der Waals surface area contributed by atoms with Crippen molar-refractivity contribution < 1.29 is 9.84 Å². The Hall–Kier alpha value is -3.49. The van der Waals surface area contributed by atoms with E-state index >= 15 is 0 Å². The lowest BCUT2D eigenvalue weighted by molar-refractivity contribution is -0.0340. The van der Waals surface area contributed by atoms with Gasteiger partial charge in [-0.1, -0.05) is 38.5 Å². The van der Waals surface area contributed by atoms with E-state index in [1.54, 1.807) is 0 Å². The van der Waals surface area contributed by atoms with Gasteiger partial charge >= 0.3 is 0 Å². The number of nitrogens with two attached hydrogens (primary N) is 1. The van der Waals surface area contributed by atoms with E-state index in [9.17, 15) is 5.11 Å². The molecule has 2 aromatic heterocycles. The number of aliphatic hydroxyl groups is 1. The van der Waals surface area contributed by atoms with Gasteiger partial charge in [0.05, 0.1) is 11.4 Å². The van der Waals surface area contributed by atoms with E-state index in [4.69, 9.17) is 15.6 Å². The zero-order valence-corrected chi connectivity index (χ0v) is 20.9. The van der Waals surface area contributed by atoms with Crippen molar-refractivity contribution in [3.05, 3.63) is 60.9 Å². The summed E-state index contributed by atoms with van der Waals surface area (Å²) in [5, 5.41) is 16.6. The summed E-state index contributed by atoms with van der Waals surface area (Å²) >= 11 is 0. The SMILES string of the molecule is CC[C@@H](C)CC(O)N1CCC[C@@H](n2nc(-c3ccc(Oc4ccccc4)cc3)c3c(N)ncnc32)C1. The smallest absolute Gasteiger partial charge is 0.164 e. The fourth-order valence-corrected chi connectivity index (χ4v) is 4.89. The van der Waals surface area contributed by atoms with Crippen LogP contribution in [0.4, 0.5) is 5.82 Å². The predicted octanol–water partition coefficient (Wildman–Crippen LogP) is 5.26. The van der Waals surface area contributed by atoms with Gasteiger partial charge in [0.15, 0.2) is 5.65 Å². The van der Waals surface area contributed by atoms with Crippen LogP contribution in [0.1, 0.15) is 45.6 Å². The predicted molar refractivity (Wildman–Crippen MR) is 142 cm³/mol. The molecule has 5 rings (SSSR count). The molecule has 2 aromatic carbocycles. The lowest BCUT2D eigenvalue weighted by Gasteiger charge is -2.36. The van der Waals surface area contributed by atoms with E-state index in [1.165, 1.54) is 6.33 Å². The van der Waals surface area contributed by atoms with E-state index in [0.717, 1.165) is 72.6 Å². The minimum absolute atomic E-state index is 0.0940. The van der Waals surface area contributed by atoms with Gasteiger partial charge in [0.2, 0.25) is 0 Å². The number of piperidine rings is 1. The molecule has 3 heterocycles. The number of rotatable bonds is 8. The third-order valence-electron chi connectivity index (χ3n) is 7.13.